The van der Waals surface area contributed by atoms with E-state index in [4.69, 9.17) is 37.7 Å². The molecular weight excluding hydrogens is 380 g/mol. The van der Waals surface area contributed by atoms with Gasteiger partial charge in [-0.25, -0.2) is 0 Å². The molecule has 1 aromatic carbocycles. The van der Waals surface area contributed by atoms with Gasteiger partial charge in [0.2, 0.25) is 0 Å². The highest BCUT2D eigenvalue weighted by Gasteiger charge is 2.26. The molecule has 0 saturated carbocycles. The highest BCUT2D eigenvalue weighted by molar-refractivity contribution is 7.80. The molecule has 0 aliphatic carbocycles. The maximum absolute atomic E-state index is 11.9. The molecule has 9 heteroatoms. The third-order valence-corrected chi connectivity index (χ3v) is 4.10. The summed E-state index contributed by atoms with van der Waals surface area (Å²) >= 11 is 10.9. The Labute approximate surface area is 158 Å². The van der Waals surface area contributed by atoms with Crippen molar-refractivity contribution >= 4 is 46.8 Å². The number of ether oxygens (including phenoxy) is 2. The summed E-state index contributed by atoms with van der Waals surface area (Å²) < 4.78 is 16.3. The lowest BCUT2D eigenvalue weighted by Crippen LogP contribution is -2.51. The second-order valence-electron chi connectivity index (χ2n) is 5.18. The topological polar surface area (TPSA) is 89.8 Å². The average molecular weight is 393 g/mol. The molecule has 0 spiro atoms. The number of nitrogens with one attached hydrogen (secondary N) is 2. The fourth-order valence-corrected chi connectivity index (χ4v) is 2.79. The van der Waals surface area contributed by atoms with Gasteiger partial charge >= 0.3 is 0 Å². The first-order chi connectivity index (χ1) is 12.4. The van der Waals surface area contributed by atoms with E-state index in [1.165, 1.54) is 20.3 Å². The van der Waals surface area contributed by atoms with Gasteiger partial charge in [0.1, 0.15) is 28.6 Å². The molecule has 3 rings (SSSR count). The molecule has 0 atom stereocenters. The van der Waals surface area contributed by atoms with Crippen LogP contribution in [-0.4, -0.2) is 31.1 Å². The van der Waals surface area contributed by atoms with Crippen LogP contribution in [0, 0.1) is 0 Å². The lowest BCUT2D eigenvalue weighted by Gasteiger charge is -2.15. The monoisotopic (exact) mass is 392 g/mol. The summed E-state index contributed by atoms with van der Waals surface area (Å²) in [5.74, 6) is 0.519. The van der Waals surface area contributed by atoms with Gasteiger partial charge in [-0.05, 0) is 36.5 Å². The van der Waals surface area contributed by atoms with Crippen LogP contribution in [-0.2, 0) is 9.59 Å². The Morgan fingerprint density at radius 2 is 1.73 bits per heavy atom. The largest absolute Gasteiger partial charge is 0.496 e. The number of benzene rings is 1. The number of rotatable bonds is 4. The maximum Gasteiger partial charge on any atom is 0.263 e. The number of carbonyl (C=O) groups excluding carboxylic acids is 2. The van der Waals surface area contributed by atoms with Gasteiger partial charge < -0.3 is 13.9 Å². The number of carbonyl (C=O) groups is 2. The van der Waals surface area contributed by atoms with Crippen LogP contribution in [0.5, 0.6) is 11.5 Å². The number of amides is 2. The standard InChI is InChI=1S/C17H13ClN2O5S/c1-23-13-7-11(18)14(24-2)6-9(13)12-4-3-8(25-12)5-10-15(21)19-17(26)20-16(10)22/h3-7H,1-2H3,(H2,19,20,21,22,26). The summed E-state index contributed by atoms with van der Waals surface area (Å²) in [6.07, 6.45) is 1.33. The minimum absolute atomic E-state index is 0.0321. The third kappa shape index (κ3) is 3.42. The van der Waals surface area contributed by atoms with Crippen molar-refractivity contribution < 1.29 is 23.5 Å². The molecular formula is C17H13ClN2O5S. The molecule has 1 fully saturated rings. The number of halogens is 1. The summed E-state index contributed by atoms with van der Waals surface area (Å²) in [5.41, 5.74) is 0.497. The smallest absolute Gasteiger partial charge is 0.263 e. The molecule has 1 aliphatic heterocycles. The predicted molar refractivity (Wildman–Crippen MR) is 99.1 cm³/mol. The molecule has 26 heavy (non-hydrogen) atoms. The maximum atomic E-state index is 11.9. The van der Waals surface area contributed by atoms with Crippen molar-refractivity contribution in [2.75, 3.05) is 14.2 Å². The minimum Gasteiger partial charge on any atom is -0.496 e. The third-order valence-electron chi connectivity index (χ3n) is 3.60. The number of methoxy groups -OCH3 is 2. The quantitative estimate of drug-likeness (QED) is 0.472. The van der Waals surface area contributed by atoms with E-state index in [0.717, 1.165) is 0 Å². The number of thiocarbonyl (C=S) groups is 1. The highest BCUT2D eigenvalue weighted by Crippen LogP contribution is 2.39. The summed E-state index contributed by atoms with van der Waals surface area (Å²) in [6, 6.07) is 6.59. The molecule has 2 aromatic rings. The first-order valence-corrected chi connectivity index (χ1v) is 8.11. The molecule has 2 N–H and O–H groups in total. The molecule has 0 unspecified atom stereocenters. The second kappa shape index (κ2) is 7.19. The molecule has 2 amide bonds. The zero-order valence-electron chi connectivity index (χ0n) is 13.7. The van der Waals surface area contributed by atoms with Crippen LogP contribution in [0.25, 0.3) is 17.4 Å². The molecule has 1 saturated heterocycles. The van der Waals surface area contributed by atoms with Crippen LogP contribution in [0.4, 0.5) is 0 Å². The summed E-state index contributed by atoms with van der Waals surface area (Å²) in [4.78, 5) is 23.8. The van der Waals surface area contributed by atoms with E-state index in [2.05, 4.69) is 10.6 Å². The van der Waals surface area contributed by atoms with E-state index in [1.54, 1.807) is 24.3 Å². The first-order valence-electron chi connectivity index (χ1n) is 7.33. The summed E-state index contributed by atoms with van der Waals surface area (Å²) in [7, 11) is 3.01. The van der Waals surface area contributed by atoms with Crippen molar-refractivity contribution in [1.29, 1.82) is 0 Å². The molecule has 0 bridgehead atoms. The lowest BCUT2D eigenvalue weighted by atomic mass is 10.1. The van der Waals surface area contributed by atoms with Gasteiger partial charge in [0.25, 0.3) is 11.8 Å². The molecule has 134 valence electrons. The van der Waals surface area contributed by atoms with Crippen LogP contribution < -0.4 is 20.1 Å². The van der Waals surface area contributed by atoms with Gasteiger partial charge in [0, 0.05) is 6.07 Å². The van der Waals surface area contributed by atoms with E-state index in [-0.39, 0.29) is 10.7 Å². The zero-order valence-corrected chi connectivity index (χ0v) is 15.3. The predicted octanol–water partition coefficient (Wildman–Crippen LogP) is 2.53. The van der Waals surface area contributed by atoms with E-state index in [9.17, 15) is 9.59 Å². The summed E-state index contributed by atoms with van der Waals surface area (Å²) in [5, 5.41) is 5.08. The Bertz CT molecular complexity index is 929. The molecule has 1 aliphatic rings. The molecule has 1 aromatic heterocycles. The van der Waals surface area contributed by atoms with E-state index >= 15 is 0 Å². The zero-order chi connectivity index (χ0) is 18.8. The van der Waals surface area contributed by atoms with Crippen molar-refractivity contribution in [3.63, 3.8) is 0 Å². The Balaban J connectivity index is 1.98. The van der Waals surface area contributed by atoms with E-state index in [0.29, 0.717) is 33.6 Å². The van der Waals surface area contributed by atoms with Crippen molar-refractivity contribution in [2.24, 2.45) is 0 Å². The van der Waals surface area contributed by atoms with Gasteiger partial charge in [-0.3, -0.25) is 20.2 Å². The first kappa shape index (κ1) is 18.0. The van der Waals surface area contributed by atoms with Crippen LogP contribution in [0.2, 0.25) is 5.02 Å². The Hall–Kier alpha value is -2.84. The van der Waals surface area contributed by atoms with Crippen molar-refractivity contribution in [3.05, 3.63) is 40.6 Å². The Kier molecular flexibility index (Phi) is 4.97. The Morgan fingerprint density at radius 1 is 1.08 bits per heavy atom. The van der Waals surface area contributed by atoms with E-state index < -0.39 is 11.8 Å². The molecule has 0 radical (unpaired) electrons. The van der Waals surface area contributed by atoms with Crippen LogP contribution in [0.1, 0.15) is 5.76 Å². The second-order valence-corrected chi connectivity index (χ2v) is 6.00. The van der Waals surface area contributed by atoms with Gasteiger partial charge in [0.15, 0.2) is 5.11 Å². The molecule has 7 nitrogen and oxygen atoms in total. The van der Waals surface area contributed by atoms with Crippen molar-refractivity contribution in [3.8, 4) is 22.8 Å². The van der Waals surface area contributed by atoms with Crippen LogP contribution >= 0.6 is 23.8 Å². The number of furan rings is 1. The summed E-state index contributed by atoms with van der Waals surface area (Å²) in [6.45, 7) is 0. The minimum atomic E-state index is -0.595. The van der Waals surface area contributed by atoms with Crippen molar-refractivity contribution in [2.45, 2.75) is 0 Å². The SMILES string of the molecule is COc1cc(-c2ccc(C=C3C(=O)NC(=S)NC3=O)o2)c(OC)cc1Cl. The fourth-order valence-electron chi connectivity index (χ4n) is 2.38. The number of hydrogen-bond acceptors (Lipinski definition) is 6. The fraction of sp³-hybridized carbons (Fsp3) is 0.118. The Morgan fingerprint density at radius 3 is 2.35 bits per heavy atom. The lowest BCUT2D eigenvalue weighted by molar-refractivity contribution is -0.123. The van der Waals surface area contributed by atoms with Crippen LogP contribution in [0.15, 0.2) is 34.3 Å². The average Bonchev–Trinajstić information content (AvgIpc) is 3.06. The highest BCUT2D eigenvalue weighted by atomic mass is 35.5. The van der Waals surface area contributed by atoms with Gasteiger partial charge in [-0.2, -0.15) is 0 Å². The van der Waals surface area contributed by atoms with Crippen LogP contribution in [0.3, 0.4) is 0 Å². The normalized spacial score (nSPS) is 14.0. The van der Waals surface area contributed by atoms with Gasteiger partial charge in [-0.15, -0.1) is 0 Å². The molecule has 2 heterocycles. The number of hydrogen-bond donors (Lipinski definition) is 2. The van der Waals surface area contributed by atoms with Gasteiger partial charge in [0.05, 0.1) is 24.8 Å². The van der Waals surface area contributed by atoms with E-state index in [1.807, 2.05) is 0 Å². The van der Waals surface area contributed by atoms with Crippen molar-refractivity contribution in [1.82, 2.24) is 10.6 Å². The van der Waals surface area contributed by atoms with Gasteiger partial charge in [-0.1, -0.05) is 11.6 Å².